The second-order valence-corrected chi connectivity index (χ2v) is 3.23. The molecule has 1 aromatic heterocycles. The molecule has 0 radical (unpaired) electrons. The second kappa shape index (κ2) is 2.76. The van der Waals surface area contributed by atoms with Crippen LogP contribution in [-0.2, 0) is 7.05 Å². The zero-order chi connectivity index (χ0) is 9.42. The van der Waals surface area contributed by atoms with Crippen molar-refractivity contribution in [2.75, 3.05) is 12.4 Å². The Morgan fingerprint density at radius 1 is 1.38 bits per heavy atom. The van der Waals surface area contributed by atoms with E-state index in [4.69, 9.17) is 0 Å². The van der Waals surface area contributed by atoms with Crippen molar-refractivity contribution < 1.29 is 0 Å². The zero-order valence-electron chi connectivity index (χ0n) is 8.13. The first kappa shape index (κ1) is 8.10. The van der Waals surface area contributed by atoms with Crippen LogP contribution in [0, 0.1) is 6.92 Å². The lowest BCUT2D eigenvalue weighted by Crippen LogP contribution is -1.96. The second-order valence-electron chi connectivity index (χ2n) is 3.23. The summed E-state index contributed by atoms with van der Waals surface area (Å²) in [7, 11) is 3.95. The lowest BCUT2D eigenvalue weighted by Gasteiger charge is -2.07. The maximum atomic E-state index is 4.29. The van der Waals surface area contributed by atoms with Crippen LogP contribution in [0.5, 0.6) is 0 Å². The molecule has 13 heavy (non-hydrogen) atoms. The highest BCUT2D eigenvalue weighted by Crippen LogP contribution is 2.25. The number of aromatic nitrogens is 2. The molecule has 0 atom stereocenters. The summed E-state index contributed by atoms with van der Waals surface area (Å²) in [4.78, 5) is 4.29. The van der Waals surface area contributed by atoms with Crippen molar-refractivity contribution in [3.63, 3.8) is 0 Å². The largest absolute Gasteiger partial charge is 0.386 e. The maximum Gasteiger partial charge on any atom is 0.0956 e. The third-order valence-electron chi connectivity index (χ3n) is 2.34. The third-order valence-corrected chi connectivity index (χ3v) is 2.34. The number of rotatable bonds is 1. The fourth-order valence-electron chi connectivity index (χ4n) is 1.66. The SMILES string of the molecule is CNc1c(C)ccc2ncn(C)c12. The van der Waals surface area contributed by atoms with Crippen LogP contribution in [0.1, 0.15) is 5.56 Å². The Morgan fingerprint density at radius 2 is 2.15 bits per heavy atom. The van der Waals surface area contributed by atoms with E-state index >= 15 is 0 Å². The molecule has 0 spiro atoms. The van der Waals surface area contributed by atoms with Gasteiger partial charge in [0.2, 0.25) is 0 Å². The predicted octanol–water partition coefficient (Wildman–Crippen LogP) is 1.92. The molecule has 0 saturated heterocycles. The molecule has 0 fully saturated rings. The molecule has 1 N–H and O–H groups in total. The van der Waals surface area contributed by atoms with E-state index in [1.807, 2.05) is 31.1 Å². The average molecular weight is 175 g/mol. The van der Waals surface area contributed by atoms with Gasteiger partial charge in [0.15, 0.2) is 0 Å². The standard InChI is InChI=1S/C10H13N3/c1-7-4-5-8-10(9(7)11-2)13(3)6-12-8/h4-6,11H,1-3H3. The minimum absolute atomic E-state index is 1.04. The van der Waals surface area contributed by atoms with Gasteiger partial charge in [0.1, 0.15) is 0 Å². The van der Waals surface area contributed by atoms with Gasteiger partial charge in [-0.1, -0.05) is 6.07 Å². The van der Waals surface area contributed by atoms with Crippen molar-refractivity contribution in [3.8, 4) is 0 Å². The number of imidazole rings is 1. The lowest BCUT2D eigenvalue weighted by atomic mass is 10.1. The maximum absolute atomic E-state index is 4.29. The summed E-state index contributed by atoms with van der Waals surface area (Å²) in [6, 6.07) is 4.13. The Morgan fingerprint density at radius 3 is 2.85 bits per heavy atom. The summed E-state index contributed by atoms with van der Waals surface area (Å²) >= 11 is 0. The number of nitrogens with one attached hydrogen (secondary N) is 1. The number of benzene rings is 1. The molecule has 0 aliphatic rings. The van der Waals surface area contributed by atoms with Crippen LogP contribution in [0.3, 0.4) is 0 Å². The van der Waals surface area contributed by atoms with Gasteiger partial charge < -0.3 is 9.88 Å². The normalized spacial score (nSPS) is 10.7. The molecule has 0 amide bonds. The van der Waals surface area contributed by atoms with E-state index in [2.05, 4.69) is 23.3 Å². The molecule has 2 rings (SSSR count). The molecule has 3 nitrogen and oxygen atoms in total. The molecule has 68 valence electrons. The van der Waals surface area contributed by atoms with Crippen LogP contribution in [0.15, 0.2) is 18.5 Å². The summed E-state index contributed by atoms with van der Waals surface area (Å²) in [5.41, 5.74) is 4.62. The van der Waals surface area contributed by atoms with Gasteiger partial charge in [-0.2, -0.15) is 0 Å². The number of aryl methyl sites for hydroxylation is 2. The molecular weight excluding hydrogens is 162 g/mol. The molecule has 1 aromatic carbocycles. The Kier molecular flexibility index (Phi) is 1.72. The summed E-state index contributed by atoms with van der Waals surface area (Å²) < 4.78 is 2.04. The van der Waals surface area contributed by atoms with Gasteiger partial charge in [-0.05, 0) is 18.6 Å². The smallest absolute Gasteiger partial charge is 0.0956 e. The highest BCUT2D eigenvalue weighted by Gasteiger charge is 2.06. The molecule has 0 aliphatic carbocycles. The first-order valence-corrected chi connectivity index (χ1v) is 4.32. The molecule has 1 heterocycles. The fourth-order valence-corrected chi connectivity index (χ4v) is 1.66. The topological polar surface area (TPSA) is 29.9 Å². The van der Waals surface area contributed by atoms with E-state index in [1.54, 1.807) is 0 Å². The summed E-state index contributed by atoms with van der Waals surface area (Å²) in [6.07, 6.45) is 1.84. The molecule has 2 aromatic rings. The van der Waals surface area contributed by atoms with Gasteiger partial charge in [0.25, 0.3) is 0 Å². The van der Waals surface area contributed by atoms with Crippen LogP contribution < -0.4 is 5.32 Å². The van der Waals surface area contributed by atoms with Crippen LogP contribution >= 0.6 is 0 Å². The number of fused-ring (bicyclic) bond motifs is 1. The highest BCUT2D eigenvalue weighted by atomic mass is 15.0. The van der Waals surface area contributed by atoms with Crippen molar-refractivity contribution in [3.05, 3.63) is 24.0 Å². The van der Waals surface area contributed by atoms with E-state index in [9.17, 15) is 0 Å². The monoisotopic (exact) mass is 175 g/mol. The number of nitrogens with zero attached hydrogens (tertiary/aromatic N) is 2. The summed E-state index contributed by atoms with van der Waals surface area (Å²) in [6.45, 7) is 2.10. The molecule has 3 heteroatoms. The van der Waals surface area contributed by atoms with Crippen molar-refractivity contribution in [2.45, 2.75) is 6.92 Å². The predicted molar refractivity (Wildman–Crippen MR) is 55.0 cm³/mol. The molecule has 0 unspecified atom stereocenters. The quantitative estimate of drug-likeness (QED) is 0.717. The summed E-state index contributed by atoms with van der Waals surface area (Å²) in [5.74, 6) is 0. The Bertz CT molecular complexity index is 443. The Labute approximate surface area is 77.4 Å². The highest BCUT2D eigenvalue weighted by molar-refractivity contribution is 5.90. The third kappa shape index (κ3) is 1.08. The first-order chi connectivity index (χ1) is 6.24. The van der Waals surface area contributed by atoms with Crippen LogP contribution in [-0.4, -0.2) is 16.6 Å². The number of hydrogen-bond acceptors (Lipinski definition) is 2. The van der Waals surface area contributed by atoms with Crippen LogP contribution in [0.25, 0.3) is 11.0 Å². The van der Waals surface area contributed by atoms with E-state index in [1.165, 1.54) is 11.1 Å². The van der Waals surface area contributed by atoms with Gasteiger partial charge in [-0.3, -0.25) is 0 Å². The zero-order valence-corrected chi connectivity index (χ0v) is 8.13. The average Bonchev–Trinajstić information content (AvgIpc) is 2.49. The van der Waals surface area contributed by atoms with E-state index in [-0.39, 0.29) is 0 Å². The summed E-state index contributed by atoms with van der Waals surface area (Å²) in [5, 5.41) is 3.20. The Balaban J connectivity index is 2.88. The van der Waals surface area contributed by atoms with Crippen LogP contribution in [0.2, 0.25) is 0 Å². The van der Waals surface area contributed by atoms with E-state index < -0.39 is 0 Å². The molecular formula is C10H13N3. The number of anilines is 1. The van der Waals surface area contributed by atoms with E-state index in [0.717, 1.165) is 11.2 Å². The van der Waals surface area contributed by atoms with Gasteiger partial charge in [0, 0.05) is 14.1 Å². The molecule has 0 bridgehead atoms. The van der Waals surface area contributed by atoms with Crippen molar-refractivity contribution >= 4 is 16.7 Å². The van der Waals surface area contributed by atoms with Crippen molar-refractivity contribution in [1.82, 2.24) is 9.55 Å². The first-order valence-electron chi connectivity index (χ1n) is 4.32. The van der Waals surface area contributed by atoms with Gasteiger partial charge >= 0.3 is 0 Å². The van der Waals surface area contributed by atoms with Crippen molar-refractivity contribution in [2.24, 2.45) is 7.05 Å². The Hall–Kier alpha value is -1.51. The van der Waals surface area contributed by atoms with E-state index in [0.29, 0.717) is 0 Å². The number of hydrogen-bond donors (Lipinski definition) is 1. The lowest BCUT2D eigenvalue weighted by molar-refractivity contribution is 0.947. The van der Waals surface area contributed by atoms with Crippen LogP contribution in [0.4, 0.5) is 5.69 Å². The molecule has 0 saturated carbocycles. The minimum atomic E-state index is 1.04. The van der Waals surface area contributed by atoms with Gasteiger partial charge in [-0.25, -0.2) is 4.98 Å². The van der Waals surface area contributed by atoms with Gasteiger partial charge in [-0.15, -0.1) is 0 Å². The molecule has 0 aliphatic heterocycles. The van der Waals surface area contributed by atoms with Gasteiger partial charge in [0.05, 0.1) is 23.0 Å². The minimum Gasteiger partial charge on any atom is -0.386 e. The fraction of sp³-hybridized carbons (Fsp3) is 0.300. The van der Waals surface area contributed by atoms with Crippen molar-refractivity contribution in [1.29, 1.82) is 0 Å².